The molecule has 0 saturated carbocycles. The number of carbonyl (C=O) groups is 2. The van der Waals surface area contributed by atoms with Crippen molar-refractivity contribution in [3.63, 3.8) is 0 Å². The predicted molar refractivity (Wildman–Crippen MR) is 86.7 cm³/mol. The lowest BCUT2D eigenvalue weighted by molar-refractivity contribution is -0.122. The van der Waals surface area contributed by atoms with E-state index < -0.39 is 0 Å². The molecule has 3 heteroatoms. The van der Waals surface area contributed by atoms with Gasteiger partial charge in [-0.25, -0.2) is 0 Å². The summed E-state index contributed by atoms with van der Waals surface area (Å²) in [5.74, 6) is -0.433. The average molecular weight is 293 g/mol. The normalized spacial score (nSPS) is 18.1. The monoisotopic (exact) mass is 293 g/mol. The summed E-state index contributed by atoms with van der Waals surface area (Å²) in [5.41, 5.74) is 3.82. The molecule has 0 aliphatic carbocycles. The summed E-state index contributed by atoms with van der Waals surface area (Å²) in [6.07, 6.45) is 0.911. The van der Waals surface area contributed by atoms with Crippen LogP contribution in [-0.2, 0) is 16.0 Å². The van der Waals surface area contributed by atoms with Gasteiger partial charge in [-0.2, -0.15) is 0 Å². The highest BCUT2D eigenvalue weighted by molar-refractivity contribution is 6.21. The van der Waals surface area contributed by atoms with Gasteiger partial charge in [0.15, 0.2) is 0 Å². The lowest BCUT2D eigenvalue weighted by Gasteiger charge is -2.18. The molecule has 0 bridgehead atoms. The first kappa shape index (κ1) is 14.5. The van der Waals surface area contributed by atoms with Crippen LogP contribution in [0, 0.1) is 19.8 Å². The molecule has 1 fully saturated rings. The first-order valence-electron chi connectivity index (χ1n) is 7.54. The van der Waals surface area contributed by atoms with Crippen LogP contribution in [0.15, 0.2) is 48.5 Å². The fraction of sp³-hybridized carbons (Fsp3) is 0.263. The van der Waals surface area contributed by atoms with Crippen molar-refractivity contribution in [1.82, 2.24) is 0 Å². The highest BCUT2D eigenvalue weighted by atomic mass is 16.2. The van der Waals surface area contributed by atoms with Crippen molar-refractivity contribution in [1.29, 1.82) is 0 Å². The van der Waals surface area contributed by atoms with Gasteiger partial charge in [0.25, 0.3) is 0 Å². The number of hydrogen-bond donors (Lipinski definition) is 0. The Hall–Kier alpha value is -2.42. The molecule has 112 valence electrons. The number of aryl methyl sites for hydroxylation is 2. The van der Waals surface area contributed by atoms with Gasteiger partial charge in [0.2, 0.25) is 11.8 Å². The van der Waals surface area contributed by atoms with Crippen LogP contribution in [0.5, 0.6) is 0 Å². The van der Waals surface area contributed by atoms with Crippen molar-refractivity contribution < 1.29 is 9.59 Å². The third kappa shape index (κ3) is 2.67. The standard InChI is InChI=1S/C19H19NO2/c1-13-8-9-14(2)17(10-13)20-18(21)12-16(19(20)22)11-15-6-4-3-5-7-15/h3-10,16H,11-12H2,1-2H3/t16-/m1/s1. The summed E-state index contributed by atoms with van der Waals surface area (Å²) in [6.45, 7) is 3.90. The van der Waals surface area contributed by atoms with Crippen LogP contribution in [0.25, 0.3) is 0 Å². The lowest BCUT2D eigenvalue weighted by atomic mass is 9.98. The van der Waals surface area contributed by atoms with E-state index in [1.54, 1.807) is 0 Å². The third-order valence-electron chi connectivity index (χ3n) is 4.17. The van der Waals surface area contributed by atoms with Gasteiger partial charge in [-0.3, -0.25) is 14.5 Å². The molecule has 1 aliphatic heterocycles. The minimum absolute atomic E-state index is 0.0810. The van der Waals surface area contributed by atoms with Crippen molar-refractivity contribution >= 4 is 17.5 Å². The molecule has 22 heavy (non-hydrogen) atoms. The van der Waals surface area contributed by atoms with Gasteiger partial charge in [-0.1, -0.05) is 42.5 Å². The smallest absolute Gasteiger partial charge is 0.237 e. The molecule has 3 nitrogen and oxygen atoms in total. The summed E-state index contributed by atoms with van der Waals surface area (Å²) >= 11 is 0. The largest absolute Gasteiger partial charge is 0.274 e. The molecular weight excluding hydrogens is 274 g/mol. The third-order valence-corrected chi connectivity index (χ3v) is 4.17. The molecular formula is C19H19NO2. The van der Waals surface area contributed by atoms with Crippen LogP contribution in [0.4, 0.5) is 5.69 Å². The van der Waals surface area contributed by atoms with Crippen LogP contribution in [0.3, 0.4) is 0 Å². The van der Waals surface area contributed by atoms with Crippen molar-refractivity contribution in [3.8, 4) is 0 Å². The predicted octanol–water partition coefficient (Wildman–Crippen LogP) is 3.43. The van der Waals surface area contributed by atoms with Crippen LogP contribution in [-0.4, -0.2) is 11.8 Å². The second-order valence-electron chi connectivity index (χ2n) is 5.95. The summed E-state index contributed by atoms with van der Waals surface area (Å²) in [6, 6.07) is 15.7. The molecule has 1 atom stereocenters. The number of anilines is 1. The molecule has 2 amide bonds. The van der Waals surface area contributed by atoms with Crippen LogP contribution in [0.2, 0.25) is 0 Å². The minimum atomic E-state index is -0.255. The lowest BCUT2D eigenvalue weighted by Crippen LogP contribution is -2.31. The van der Waals surface area contributed by atoms with Gasteiger partial charge in [-0.05, 0) is 43.0 Å². The first-order chi connectivity index (χ1) is 10.6. The topological polar surface area (TPSA) is 37.4 Å². The van der Waals surface area contributed by atoms with Gasteiger partial charge < -0.3 is 0 Å². The summed E-state index contributed by atoms with van der Waals surface area (Å²) in [7, 11) is 0. The average Bonchev–Trinajstić information content (AvgIpc) is 2.77. The Bertz CT molecular complexity index is 721. The molecule has 0 spiro atoms. The van der Waals surface area contributed by atoms with E-state index in [2.05, 4.69) is 0 Å². The second-order valence-corrected chi connectivity index (χ2v) is 5.95. The SMILES string of the molecule is Cc1ccc(C)c(N2C(=O)C[C@@H](Cc3ccccc3)C2=O)c1. The zero-order valence-corrected chi connectivity index (χ0v) is 12.9. The van der Waals surface area contributed by atoms with Crippen molar-refractivity contribution in [2.45, 2.75) is 26.7 Å². The van der Waals surface area contributed by atoms with E-state index in [9.17, 15) is 9.59 Å². The molecule has 1 saturated heterocycles. The number of benzene rings is 2. The van der Waals surface area contributed by atoms with Gasteiger partial charge in [0.1, 0.15) is 0 Å². The Morgan fingerprint density at radius 3 is 2.50 bits per heavy atom. The minimum Gasteiger partial charge on any atom is -0.274 e. The van der Waals surface area contributed by atoms with Gasteiger partial charge in [-0.15, -0.1) is 0 Å². The van der Waals surface area contributed by atoms with E-state index >= 15 is 0 Å². The van der Waals surface area contributed by atoms with E-state index in [-0.39, 0.29) is 17.7 Å². The Morgan fingerprint density at radius 1 is 1.05 bits per heavy atom. The number of nitrogens with zero attached hydrogens (tertiary/aromatic N) is 1. The maximum Gasteiger partial charge on any atom is 0.237 e. The van der Waals surface area contributed by atoms with Crippen molar-refractivity contribution in [2.24, 2.45) is 5.92 Å². The molecule has 1 aliphatic rings. The zero-order chi connectivity index (χ0) is 15.7. The molecule has 2 aromatic rings. The van der Waals surface area contributed by atoms with E-state index in [4.69, 9.17) is 0 Å². The molecule has 0 N–H and O–H groups in total. The van der Waals surface area contributed by atoms with Gasteiger partial charge in [0.05, 0.1) is 11.6 Å². The second kappa shape index (κ2) is 5.76. The molecule has 0 aromatic heterocycles. The zero-order valence-electron chi connectivity index (χ0n) is 12.9. The molecule has 1 heterocycles. The van der Waals surface area contributed by atoms with Crippen molar-refractivity contribution in [2.75, 3.05) is 4.90 Å². The summed E-state index contributed by atoms with van der Waals surface area (Å²) < 4.78 is 0. The molecule has 3 rings (SSSR count). The Balaban J connectivity index is 1.87. The fourth-order valence-electron chi connectivity index (χ4n) is 2.97. The highest BCUT2D eigenvalue weighted by Crippen LogP contribution is 2.31. The Labute approximate surface area is 130 Å². The summed E-state index contributed by atoms with van der Waals surface area (Å²) in [5, 5.41) is 0. The van der Waals surface area contributed by atoms with E-state index in [1.165, 1.54) is 4.90 Å². The number of hydrogen-bond acceptors (Lipinski definition) is 2. The van der Waals surface area contributed by atoms with Gasteiger partial charge >= 0.3 is 0 Å². The van der Waals surface area contributed by atoms with E-state index in [0.29, 0.717) is 12.8 Å². The number of amides is 2. The highest BCUT2D eigenvalue weighted by Gasteiger charge is 2.39. The van der Waals surface area contributed by atoms with Crippen LogP contribution >= 0.6 is 0 Å². The maximum absolute atomic E-state index is 12.7. The Morgan fingerprint density at radius 2 is 1.77 bits per heavy atom. The quantitative estimate of drug-likeness (QED) is 0.813. The summed E-state index contributed by atoms with van der Waals surface area (Å²) in [4.78, 5) is 26.4. The number of rotatable bonds is 3. The first-order valence-corrected chi connectivity index (χ1v) is 7.54. The molecule has 0 radical (unpaired) electrons. The van der Waals surface area contributed by atoms with Crippen LogP contribution in [0.1, 0.15) is 23.1 Å². The molecule has 0 unspecified atom stereocenters. The van der Waals surface area contributed by atoms with Crippen molar-refractivity contribution in [3.05, 3.63) is 65.2 Å². The number of imide groups is 1. The molecule has 2 aromatic carbocycles. The fourth-order valence-corrected chi connectivity index (χ4v) is 2.97. The van der Waals surface area contributed by atoms with Gasteiger partial charge in [0, 0.05) is 6.42 Å². The number of carbonyl (C=O) groups excluding carboxylic acids is 2. The van der Waals surface area contributed by atoms with Crippen LogP contribution < -0.4 is 4.90 Å². The Kier molecular flexibility index (Phi) is 3.80. The maximum atomic E-state index is 12.7. The van der Waals surface area contributed by atoms with E-state index in [1.807, 2.05) is 62.4 Å². The van der Waals surface area contributed by atoms with E-state index in [0.717, 1.165) is 22.4 Å².